The van der Waals surface area contributed by atoms with Crippen LogP contribution in [-0.4, -0.2) is 18.0 Å². The molecule has 0 aliphatic rings. The quantitative estimate of drug-likeness (QED) is 0.344. The maximum absolute atomic E-state index is 11.2. The van der Waals surface area contributed by atoms with Crippen molar-refractivity contribution in [3.63, 3.8) is 0 Å². The lowest BCUT2D eigenvalue weighted by Crippen LogP contribution is -2.08. The SMILES string of the molecule is CCCCCCCC(=O)OCCC(C)Cl. The average Bonchev–Trinajstić information content (AvgIpc) is 2.17. The highest BCUT2D eigenvalue weighted by Gasteiger charge is 2.03. The van der Waals surface area contributed by atoms with E-state index in [2.05, 4.69) is 6.92 Å². The Labute approximate surface area is 98.3 Å². The van der Waals surface area contributed by atoms with Crippen LogP contribution in [0.2, 0.25) is 0 Å². The summed E-state index contributed by atoms with van der Waals surface area (Å²) in [4.78, 5) is 11.2. The number of carbonyl (C=O) groups is 1. The Balaban J connectivity index is 3.19. The minimum atomic E-state index is -0.0798. The molecule has 0 saturated carbocycles. The van der Waals surface area contributed by atoms with Gasteiger partial charge in [0.15, 0.2) is 0 Å². The summed E-state index contributed by atoms with van der Waals surface area (Å²) in [5, 5.41) is 0.0855. The third-order valence-corrected chi connectivity index (χ3v) is 2.48. The zero-order valence-electron chi connectivity index (χ0n) is 9.93. The molecule has 0 aromatic rings. The second-order valence-electron chi connectivity index (χ2n) is 3.95. The molecule has 0 saturated heterocycles. The van der Waals surface area contributed by atoms with Crippen LogP contribution in [0.3, 0.4) is 0 Å². The van der Waals surface area contributed by atoms with Crippen molar-refractivity contribution in [3.05, 3.63) is 0 Å². The lowest BCUT2D eigenvalue weighted by Gasteiger charge is -2.05. The Morgan fingerprint density at radius 1 is 1.27 bits per heavy atom. The van der Waals surface area contributed by atoms with Gasteiger partial charge in [-0.15, -0.1) is 11.6 Å². The summed E-state index contributed by atoms with van der Waals surface area (Å²) in [6.07, 6.45) is 7.10. The zero-order chi connectivity index (χ0) is 11.5. The van der Waals surface area contributed by atoms with E-state index in [4.69, 9.17) is 16.3 Å². The van der Waals surface area contributed by atoms with Gasteiger partial charge in [0.2, 0.25) is 0 Å². The van der Waals surface area contributed by atoms with Crippen LogP contribution in [0, 0.1) is 0 Å². The Morgan fingerprint density at radius 3 is 2.53 bits per heavy atom. The maximum Gasteiger partial charge on any atom is 0.305 e. The number of carbonyl (C=O) groups excluding carboxylic acids is 1. The molecule has 0 bridgehead atoms. The lowest BCUT2D eigenvalue weighted by atomic mass is 10.1. The van der Waals surface area contributed by atoms with Gasteiger partial charge in [0.1, 0.15) is 0 Å². The first-order chi connectivity index (χ1) is 7.16. The van der Waals surface area contributed by atoms with Gasteiger partial charge < -0.3 is 4.74 Å². The number of hydrogen-bond acceptors (Lipinski definition) is 2. The van der Waals surface area contributed by atoms with Gasteiger partial charge >= 0.3 is 5.97 Å². The van der Waals surface area contributed by atoms with Crippen molar-refractivity contribution < 1.29 is 9.53 Å². The fraction of sp³-hybridized carbons (Fsp3) is 0.917. The fourth-order valence-corrected chi connectivity index (χ4v) is 1.37. The minimum Gasteiger partial charge on any atom is -0.466 e. The Morgan fingerprint density at radius 2 is 1.93 bits per heavy atom. The first-order valence-electron chi connectivity index (χ1n) is 5.96. The first kappa shape index (κ1) is 14.8. The Kier molecular flexibility index (Phi) is 10.1. The lowest BCUT2D eigenvalue weighted by molar-refractivity contribution is -0.143. The predicted octanol–water partition coefficient (Wildman–Crippen LogP) is 3.91. The van der Waals surface area contributed by atoms with Crippen LogP contribution in [0.15, 0.2) is 0 Å². The molecule has 0 N–H and O–H groups in total. The molecule has 1 atom stereocenters. The number of ether oxygens (including phenoxy) is 1. The predicted molar refractivity (Wildman–Crippen MR) is 64.3 cm³/mol. The van der Waals surface area contributed by atoms with Crippen molar-refractivity contribution in [1.29, 1.82) is 0 Å². The highest BCUT2D eigenvalue weighted by Crippen LogP contribution is 2.06. The van der Waals surface area contributed by atoms with E-state index in [-0.39, 0.29) is 11.3 Å². The molecule has 0 aliphatic carbocycles. The van der Waals surface area contributed by atoms with E-state index in [1.54, 1.807) is 0 Å². The van der Waals surface area contributed by atoms with Gasteiger partial charge in [0.05, 0.1) is 6.61 Å². The molecule has 0 radical (unpaired) electrons. The largest absolute Gasteiger partial charge is 0.466 e. The molecule has 0 fully saturated rings. The Hall–Kier alpha value is -0.240. The van der Waals surface area contributed by atoms with E-state index in [1.165, 1.54) is 19.3 Å². The molecule has 0 heterocycles. The fourth-order valence-electron chi connectivity index (χ4n) is 1.28. The van der Waals surface area contributed by atoms with Crippen molar-refractivity contribution in [2.75, 3.05) is 6.61 Å². The van der Waals surface area contributed by atoms with Crippen LogP contribution in [-0.2, 0) is 9.53 Å². The second-order valence-corrected chi connectivity index (χ2v) is 4.70. The molecule has 0 aliphatic heterocycles. The van der Waals surface area contributed by atoms with Gasteiger partial charge in [0, 0.05) is 11.8 Å². The van der Waals surface area contributed by atoms with Crippen LogP contribution < -0.4 is 0 Å². The molecule has 0 aromatic heterocycles. The number of rotatable bonds is 9. The van der Waals surface area contributed by atoms with Crippen LogP contribution >= 0.6 is 11.6 Å². The van der Waals surface area contributed by atoms with Crippen molar-refractivity contribution >= 4 is 17.6 Å². The van der Waals surface area contributed by atoms with Crippen molar-refractivity contribution in [1.82, 2.24) is 0 Å². The minimum absolute atomic E-state index is 0.0798. The third-order valence-electron chi connectivity index (χ3n) is 2.26. The number of alkyl halides is 1. The van der Waals surface area contributed by atoms with E-state index in [9.17, 15) is 4.79 Å². The van der Waals surface area contributed by atoms with Crippen molar-refractivity contribution in [2.24, 2.45) is 0 Å². The van der Waals surface area contributed by atoms with E-state index in [1.807, 2.05) is 6.92 Å². The standard InChI is InChI=1S/C12H23ClO2/c1-3-4-5-6-7-8-12(14)15-10-9-11(2)13/h11H,3-10H2,1-2H3. The maximum atomic E-state index is 11.2. The summed E-state index contributed by atoms with van der Waals surface area (Å²) in [6.45, 7) is 4.54. The van der Waals surface area contributed by atoms with E-state index in [0.717, 1.165) is 19.3 Å². The Bertz CT molecular complexity index is 158. The molecule has 0 aromatic carbocycles. The molecule has 0 spiro atoms. The van der Waals surface area contributed by atoms with E-state index < -0.39 is 0 Å². The summed E-state index contributed by atoms with van der Waals surface area (Å²) in [7, 11) is 0. The van der Waals surface area contributed by atoms with Crippen molar-refractivity contribution in [3.8, 4) is 0 Å². The summed E-state index contributed by atoms with van der Waals surface area (Å²) in [6, 6.07) is 0. The topological polar surface area (TPSA) is 26.3 Å². The van der Waals surface area contributed by atoms with Crippen LogP contribution in [0.25, 0.3) is 0 Å². The van der Waals surface area contributed by atoms with E-state index >= 15 is 0 Å². The van der Waals surface area contributed by atoms with Gasteiger partial charge in [-0.05, 0) is 19.8 Å². The molecule has 1 unspecified atom stereocenters. The zero-order valence-corrected chi connectivity index (χ0v) is 10.7. The first-order valence-corrected chi connectivity index (χ1v) is 6.40. The summed E-state index contributed by atoms with van der Waals surface area (Å²) in [5.41, 5.74) is 0. The molecule has 0 amide bonds. The number of hydrogen-bond donors (Lipinski definition) is 0. The van der Waals surface area contributed by atoms with Gasteiger partial charge in [0.25, 0.3) is 0 Å². The number of esters is 1. The molecule has 0 rings (SSSR count). The van der Waals surface area contributed by atoms with Gasteiger partial charge in [-0.25, -0.2) is 0 Å². The van der Waals surface area contributed by atoms with Crippen LogP contribution in [0.5, 0.6) is 0 Å². The van der Waals surface area contributed by atoms with Crippen LogP contribution in [0.1, 0.15) is 58.8 Å². The summed E-state index contributed by atoms with van der Waals surface area (Å²) < 4.78 is 5.04. The molecule has 3 heteroatoms. The monoisotopic (exact) mass is 234 g/mol. The third kappa shape index (κ3) is 11.7. The number of halogens is 1. The normalized spacial score (nSPS) is 12.5. The average molecular weight is 235 g/mol. The van der Waals surface area contributed by atoms with Crippen molar-refractivity contribution in [2.45, 2.75) is 64.2 Å². The van der Waals surface area contributed by atoms with Crippen LogP contribution in [0.4, 0.5) is 0 Å². The molecule has 2 nitrogen and oxygen atoms in total. The summed E-state index contributed by atoms with van der Waals surface area (Å²) >= 11 is 5.73. The molecular weight excluding hydrogens is 212 g/mol. The molecule has 90 valence electrons. The smallest absolute Gasteiger partial charge is 0.305 e. The molecular formula is C12H23ClO2. The number of unbranched alkanes of at least 4 members (excludes halogenated alkanes) is 4. The summed E-state index contributed by atoms with van der Waals surface area (Å²) in [5.74, 6) is -0.0798. The second kappa shape index (κ2) is 10.3. The van der Waals surface area contributed by atoms with Gasteiger partial charge in [-0.2, -0.15) is 0 Å². The molecule has 15 heavy (non-hydrogen) atoms. The van der Waals surface area contributed by atoms with Gasteiger partial charge in [-0.3, -0.25) is 4.79 Å². The highest BCUT2D eigenvalue weighted by molar-refractivity contribution is 6.20. The van der Waals surface area contributed by atoms with E-state index in [0.29, 0.717) is 13.0 Å². The van der Waals surface area contributed by atoms with Gasteiger partial charge in [-0.1, -0.05) is 32.6 Å². The highest BCUT2D eigenvalue weighted by atomic mass is 35.5.